The zero-order chi connectivity index (χ0) is 7.19. The lowest BCUT2D eigenvalue weighted by atomic mass is 9.97. The van der Waals surface area contributed by atoms with Gasteiger partial charge >= 0.3 is 0 Å². The summed E-state index contributed by atoms with van der Waals surface area (Å²) in [5.74, 6) is 0.279. The summed E-state index contributed by atoms with van der Waals surface area (Å²) in [5, 5.41) is 3.12. The van der Waals surface area contributed by atoms with Gasteiger partial charge in [-0.15, -0.1) is 0 Å². The normalized spacial score (nSPS) is 45.3. The Morgan fingerprint density at radius 3 is 2.80 bits per heavy atom. The van der Waals surface area contributed by atoms with Gasteiger partial charge in [0.25, 0.3) is 0 Å². The van der Waals surface area contributed by atoms with Crippen molar-refractivity contribution >= 4 is 0 Å². The Hall–Kier alpha value is -0.180. The standard InChI is InChI=1S/C7H11F2N/c8-6(9)7-1-2-10-4-5(7)3-7/h5-6,10H,1-4H2/t5-,7-/m1/s1. The molecule has 0 aromatic carbocycles. The third-order valence-electron chi connectivity index (χ3n) is 2.87. The summed E-state index contributed by atoms with van der Waals surface area (Å²) in [4.78, 5) is 0. The minimum Gasteiger partial charge on any atom is -0.316 e. The maximum absolute atomic E-state index is 12.3. The van der Waals surface area contributed by atoms with E-state index in [4.69, 9.17) is 0 Å². The summed E-state index contributed by atoms with van der Waals surface area (Å²) in [6.45, 7) is 1.59. The number of halogens is 2. The molecule has 2 rings (SSSR count). The van der Waals surface area contributed by atoms with Crippen LogP contribution in [0.5, 0.6) is 0 Å². The highest BCUT2D eigenvalue weighted by Gasteiger charge is 2.60. The van der Waals surface area contributed by atoms with Crippen molar-refractivity contribution < 1.29 is 8.78 Å². The van der Waals surface area contributed by atoms with Crippen molar-refractivity contribution in [2.24, 2.45) is 11.3 Å². The molecule has 0 radical (unpaired) electrons. The number of piperidine rings is 1. The van der Waals surface area contributed by atoms with Crippen LogP contribution in [0.1, 0.15) is 12.8 Å². The Labute approximate surface area is 58.8 Å². The first-order valence-electron chi connectivity index (χ1n) is 3.74. The predicted molar refractivity (Wildman–Crippen MR) is 34.0 cm³/mol. The second kappa shape index (κ2) is 1.91. The summed E-state index contributed by atoms with van der Waals surface area (Å²) in [6, 6.07) is 0. The Balaban J connectivity index is 2.05. The molecule has 1 N–H and O–H groups in total. The van der Waals surface area contributed by atoms with Crippen LogP contribution >= 0.6 is 0 Å². The van der Waals surface area contributed by atoms with Crippen LogP contribution in [0.3, 0.4) is 0 Å². The van der Waals surface area contributed by atoms with Gasteiger partial charge in [-0.25, -0.2) is 8.78 Å². The Bertz CT molecular complexity index is 149. The van der Waals surface area contributed by atoms with E-state index in [1.54, 1.807) is 0 Å². The van der Waals surface area contributed by atoms with Crippen LogP contribution in [-0.2, 0) is 0 Å². The molecule has 0 bridgehead atoms. The third kappa shape index (κ3) is 0.698. The highest BCUT2D eigenvalue weighted by atomic mass is 19.3. The predicted octanol–water partition coefficient (Wildman–Crippen LogP) is 1.25. The zero-order valence-electron chi connectivity index (χ0n) is 5.74. The van der Waals surface area contributed by atoms with Crippen molar-refractivity contribution in [1.29, 1.82) is 0 Å². The number of alkyl halides is 2. The molecule has 2 atom stereocenters. The largest absolute Gasteiger partial charge is 0.316 e. The van der Waals surface area contributed by atoms with Crippen molar-refractivity contribution in [2.45, 2.75) is 19.3 Å². The van der Waals surface area contributed by atoms with Crippen LogP contribution in [0.4, 0.5) is 8.78 Å². The molecule has 0 amide bonds. The highest BCUT2D eigenvalue weighted by Crippen LogP contribution is 2.59. The SMILES string of the molecule is FC(F)[C@@]12CCNC[C@H]1C2. The maximum Gasteiger partial charge on any atom is 0.244 e. The van der Waals surface area contributed by atoms with E-state index in [-0.39, 0.29) is 5.92 Å². The molecular formula is C7H11F2N. The molecular weight excluding hydrogens is 136 g/mol. The van der Waals surface area contributed by atoms with Gasteiger partial charge in [-0.05, 0) is 31.8 Å². The monoisotopic (exact) mass is 147 g/mol. The maximum atomic E-state index is 12.3. The quantitative estimate of drug-likeness (QED) is 0.588. The second-order valence-electron chi connectivity index (χ2n) is 3.39. The van der Waals surface area contributed by atoms with E-state index in [9.17, 15) is 8.78 Å². The fourth-order valence-electron chi connectivity index (χ4n) is 1.96. The lowest BCUT2D eigenvalue weighted by Gasteiger charge is -2.21. The van der Waals surface area contributed by atoms with Gasteiger partial charge in [0.1, 0.15) is 0 Å². The molecule has 1 saturated carbocycles. The molecule has 0 aromatic heterocycles. The van der Waals surface area contributed by atoms with Crippen LogP contribution in [0.2, 0.25) is 0 Å². The average Bonchev–Trinajstić information content (AvgIpc) is 2.61. The first kappa shape index (κ1) is 6.53. The van der Waals surface area contributed by atoms with E-state index in [1.807, 2.05) is 0 Å². The number of rotatable bonds is 1. The summed E-state index contributed by atoms with van der Waals surface area (Å²) in [7, 11) is 0. The van der Waals surface area contributed by atoms with Crippen LogP contribution in [0.25, 0.3) is 0 Å². The van der Waals surface area contributed by atoms with Crippen LogP contribution in [-0.4, -0.2) is 19.5 Å². The van der Waals surface area contributed by atoms with Crippen molar-refractivity contribution in [1.82, 2.24) is 5.32 Å². The number of hydrogen-bond donors (Lipinski definition) is 1. The molecule has 1 aliphatic carbocycles. The van der Waals surface area contributed by atoms with Gasteiger partial charge in [0.2, 0.25) is 6.43 Å². The van der Waals surface area contributed by atoms with Gasteiger partial charge in [-0.2, -0.15) is 0 Å². The van der Waals surface area contributed by atoms with Crippen molar-refractivity contribution in [2.75, 3.05) is 13.1 Å². The van der Waals surface area contributed by atoms with E-state index < -0.39 is 11.8 Å². The molecule has 1 saturated heterocycles. The number of hydrogen-bond acceptors (Lipinski definition) is 1. The van der Waals surface area contributed by atoms with Crippen molar-refractivity contribution in [3.05, 3.63) is 0 Å². The average molecular weight is 147 g/mol. The molecule has 3 heteroatoms. The fourth-order valence-corrected chi connectivity index (χ4v) is 1.96. The molecule has 1 aliphatic heterocycles. The van der Waals surface area contributed by atoms with Gasteiger partial charge in [0.15, 0.2) is 0 Å². The van der Waals surface area contributed by atoms with Crippen molar-refractivity contribution in [3.8, 4) is 0 Å². The van der Waals surface area contributed by atoms with Gasteiger partial charge in [0.05, 0.1) is 0 Å². The lowest BCUT2D eigenvalue weighted by Crippen LogP contribution is -2.32. The van der Waals surface area contributed by atoms with Gasteiger partial charge in [-0.1, -0.05) is 0 Å². The summed E-state index contributed by atoms with van der Waals surface area (Å²) >= 11 is 0. The van der Waals surface area contributed by atoms with Crippen LogP contribution in [0.15, 0.2) is 0 Å². The molecule has 2 fully saturated rings. The highest BCUT2D eigenvalue weighted by molar-refractivity contribution is 5.07. The van der Waals surface area contributed by atoms with E-state index in [2.05, 4.69) is 5.32 Å². The molecule has 1 nitrogen and oxygen atoms in total. The van der Waals surface area contributed by atoms with E-state index in [0.717, 1.165) is 19.5 Å². The second-order valence-corrected chi connectivity index (χ2v) is 3.39. The summed E-state index contributed by atoms with van der Waals surface area (Å²) in [5.41, 5.74) is -0.550. The lowest BCUT2D eigenvalue weighted by molar-refractivity contribution is 0.0397. The summed E-state index contributed by atoms with van der Waals surface area (Å²) < 4.78 is 24.6. The van der Waals surface area contributed by atoms with Crippen LogP contribution in [0, 0.1) is 11.3 Å². The molecule has 0 spiro atoms. The third-order valence-corrected chi connectivity index (χ3v) is 2.87. The number of nitrogens with one attached hydrogen (secondary N) is 1. The van der Waals surface area contributed by atoms with Gasteiger partial charge in [0, 0.05) is 5.41 Å². The minimum atomic E-state index is -2.08. The smallest absolute Gasteiger partial charge is 0.244 e. The molecule has 58 valence electrons. The van der Waals surface area contributed by atoms with E-state index in [0.29, 0.717) is 6.42 Å². The zero-order valence-corrected chi connectivity index (χ0v) is 5.74. The van der Waals surface area contributed by atoms with Gasteiger partial charge in [-0.3, -0.25) is 0 Å². The Morgan fingerprint density at radius 2 is 2.30 bits per heavy atom. The summed E-state index contributed by atoms with van der Waals surface area (Å²) in [6.07, 6.45) is -0.660. The molecule has 0 aromatic rings. The fraction of sp³-hybridized carbons (Fsp3) is 1.00. The molecule has 0 unspecified atom stereocenters. The first-order valence-corrected chi connectivity index (χ1v) is 3.74. The Morgan fingerprint density at radius 1 is 1.50 bits per heavy atom. The van der Waals surface area contributed by atoms with E-state index in [1.165, 1.54) is 0 Å². The molecule has 1 heterocycles. The van der Waals surface area contributed by atoms with E-state index >= 15 is 0 Å². The number of fused-ring (bicyclic) bond motifs is 1. The molecule has 10 heavy (non-hydrogen) atoms. The Kier molecular flexibility index (Phi) is 1.24. The molecule has 2 aliphatic rings. The minimum absolute atomic E-state index is 0.279. The topological polar surface area (TPSA) is 12.0 Å². The first-order chi connectivity index (χ1) is 4.76. The van der Waals surface area contributed by atoms with Crippen molar-refractivity contribution in [3.63, 3.8) is 0 Å². The van der Waals surface area contributed by atoms with Crippen LogP contribution < -0.4 is 5.32 Å². The van der Waals surface area contributed by atoms with Gasteiger partial charge < -0.3 is 5.32 Å².